The number of methoxy groups -OCH3 is 2. The summed E-state index contributed by atoms with van der Waals surface area (Å²) in [7, 11) is 5.37. The molecule has 0 unspecified atom stereocenters. The molecule has 2 aromatic rings. The zero-order valence-corrected chi connectivity index (χ0v) is 21.3. The highest BCUT2D eigenvalue weighted by Gasteiger charge is 2.32. The van der Waals surface area contributed by atoms with E-state index in [4.69, 9.17) is 14.5 Å². The molecule has 10 heteroatoms. The monoisotopic (exact) mass is 483 g/mol. The average Bonchev–Trinajstić information content (AvgIpc) is 2.88. The number of urea groups is 1. The first-order valence-corrected chi connectivity index (χ1v) is 12.3. The zero-order chi connectivity index (χ0) is 24.8. The lowest BCUT2D eigenvalue weighted by Crippen LogP contribution is -2.48. The van der Waals surface area contributed by atoms with E-state index in [1.807, 2.05) is 25.3 Å². The Kier molecular flexibility index (Phi) is 8.25. The van der Waals surface area contributed by atoms with Crippen molar-refractivity contribution in [2.24, 2.45) is 0 Å². The molecule has 2 aliphatic heterocycles. The Morgan fingerprint density at radius 2 is 1.74 bits per heavy atom. The second-order valence-corrected chi connectivity index (χ2v) is 9.01. The highest BCUT2D eigenvalue weighted by atomic mass is 16.5. The van der Waals surface area contributed by atoms with Crippen LogP contribution in [0.25, 0.3) is 0 Å². The molecule has 0 atom stereocenters. The van der Waals surface area contributed by atoms with Gasteiger partial charge in [-0.15, -0.1) is 0 Å². The first-order chi connectivity index (χ1) is 17.0. The first-order valence-electron chi connectivity index (χ1n) is 12.3. The van der Waals surface area contributed by atoms with Gasteiger partial charge in [-0.05, 0) is 33.4 Å². The maximum absolute atomic E-state index is 13.4. The fourth-order valence-electron chi connectivity index (χ4n) is 4.47. The fraction of sp³-hybridized carbons (Fsp3) is 0.560. The number of aromatic nitrogens is 2. The number of piperazine rings is 1. The van der Waals surface area contributed by atoms with E-state index in [1.165, 1.54) is 0 Å². The molecule has 10 nitrogen and oxygen atoms in total. The van der Waals surface area contributed by atoms with E-state index in [9.17, 15) is 4.79 Å². The van der Waals surface area contributed by atoms with Crippen molar-refractivity contribution in [2.75, 3.05) is 82.2 Å². The quantitative estimate of drug-likeness (QED) is 0.517. The second-order valence-electron chi connectivity index (χ2n) is 9.01. The van der Waals surface area contributed by atoms with Gasteiger partial charge in [-0.3, -0.25) is 9.80 Å². The third kappa shape index (κ3) is 5.94. The number of carbonyl (C=O) groups excluding carboxylic acids is 1. The summed E-state index contributed by atoms with van der Waals surface area (Å²) in [6, 6.07) is 5.32. The number of fused-ring (bicyclic) bond motifs is 1. The molecule has 1 saturated heterocycles. The number of nitrogens with one attached hydrogen (secondary N) is 1. The molecule has 0 radical (unpaired) electrons. The third-order valence-electron chi connectivity index (χ3n) is 6.63. The number of hydrogen-bond donors (Lipinski definition) is 1. The smallest absolute Gasteiger partial charge is 0.330 e. The van der Waals surface area contributed by atoms with Gasteiger partial charge in [-0.1, -0.05) is 0 Å². The molecule has 1 fully saturated rings. The Morgan fingerprint density at radius 1 is 1.03 bits per heavy atom. The lowest BCUT2D eigenvalue weighted by Gasteiger charge is -2.35. The van der Waals surface area contributed by atoms with Gasteiger partial charge >= 0.3 is 6.03 Å². The molecule has 0 spiro atoms. The lowest BCUT2D eigenvalue weighted by molar-refractivity contribution is 0.152. The number of rotatable bonds is 10. The van der Waals surface area contributed by atoms with Gasteiger partial charge in [0, 0.05) is 69.2 Å². The highest BCUT2D eigenvalue weighted by Crippen LogP contribution is 2.34. The SMILES string of the molecule is CCN1C(=O)N(c2cc(OC)cc(OC)c2)Cc2cnc(NCCCCN3CCN(C)CC3)nc21. The Hall–Kier alpha value is -3.11. The molecule has 35 heavy (non-hydrogen) atoms. The van der Waals surface area contributed by atoms with E-state index >= 15 is 0 Å². The van der Waals surface area contributed by atoms with Gasteiger partial charge in [0.1, 0.15) is 17.3 Å². The molecule has 4 rings (SSSR count). The molecule has 1 N–H and O–H groups in total. The van der Waals surface area contributed by atoms with E-state index in [0.717, 1.165) is 57.7 Å². The summed E-state index contributed by atoms with van der Waals surface area (Å²) in [5.41, 5.74) is 1.60. The number of likely N-dealkylation sites (N-methyl/N-ethyl adjacent to an activating group) is 1. The van der Waals surface area contributed by atoms with Gasteiger partial charge in [-0.2, -0.15) is 4.98 Å². The number of amides is 2. The standard InChI is InChI=1S/C25H37N7O3/c1-5-31-23-19(18-32(25(31)33)20-14-21(34-3)16-22(15-20)35-4)17-27-24(28-23)26-8-6-7-9-30-12-10-29(2)11-13-30/h14-17H,5-13,18H2,1-4H3,(H,26,27,28). The Morgan fingerprint density at radius 3 is 2.40 bits per heavy atom. The van der Waals surface area contributed by atoms with Crippen molar-refractivity contribution < 1.29 is 14.3 Å². The van der Waals surface area contributed by atoms with E-state index in [-0.39, 0.29) is 6.03 Å². The Balaban J connectivity index is 1.39. The zero-order valence-electron chi connectivity index (χ0n) is 21.3. The summed E-state index contributed by atoms with van der Waals surface area (Å²) in [4.78, 5) is 30.9. The minimum atomic E-state index is -0.132. The van der Waals surface area contributed by atoms with Gasteiger partial charge < -0.3 is 24.6 Å². The number of carbonyl (C=O) groups is 1. The predicted molar refractivity (Wildman–Crippen MR) is 138 cm³/mol. The molecule has 0 saturated carbocycles. The van der Waals surface area contributed by atoms with Crippen LogP contribution in [0.5, 0.6) is 11.5 Å². The molecule has 190 valence electrons. The molecule has 3 heterocycles. The van der Waals surface area contributed by atoms with Crippen LogP contribution < -0.4 is 24.6 Å². The molecule has 2 aliphatic rings. The van der Waals surface area contributed by atoms with E-state index in [0.29, 0.717) is 42.0 Å². The van der Waals surface area contributed by atoms with Crippen LogP contribution in [0.2, 0.25) is 0 Å². The topological polar surface area (TPSA) is 86.3 Å². The minimum absolute atomic E-state index is 0.132. The van der Waals surface area contributed by atoms with Crippen molar-refractivity contribution in [3.8, 4) is 11.5 Å². The fourth-order valence-corrected chi connectivity index (χ4v) is 4.47. The van der Waals surface area contributed by atoms with Crippen LogP contribution in [-0.4, -0.2) is 92.9 Å². The molecule has 1 aromatic heterocycles. The van der Waals surface area contributed by atoms with E-state index < -0.39 is 0 Å². The summed E-state index contributed by atoms with van der Waals surface area (Å²) in [5, 5.41) is 3.34. The van der Waals surface area contributed by atoms with Gasteiger partial charge in [0.2, 0.25) is 5.95 Å². The maximum Gasteiger partial charge on any atom is 0.330 e. The predicted octanol–water partition coefficient (Wildman–Crippen LogP) is 2.90. The Labute approximate surface area is 207 Å². The molecular weight excluding hydrogens is 446 g/mol. The maximum atomic E-state index is 13.4. The van der Waals surface area contributed by atoms with Gasteiger partial charge in [0.25, 0.3) is 0 Å². The summed E-state index contributed by atoms with van der Waals surface area (Å²) >= 11 is 0. The summed E-state index contributed by atoms with van der Waals surface area (Å²) in [6.45, 7) is 9.37. The van der Waals surface area contributed by atoms with Gasteiger partial charge in [0.05, 0.1) is 26.5 Å². The number of benzene rings is 1. The minimum Gasteiger partial charge on any atom is -0.497 e. The van der Waals surface area contributed by atoms with Crippen molar-refractivity contribution in [1.82, 2.24) is 19.8 Å². The molecule has 2 amide bonds. The van der Waals surface area contributed by atoms with Crippen LogP contribution in [-0.2, 0) is 6.54 Å². The van der Waals surface area contributed by atoms with Crippen molar-refractivity contribution in [1.29, 1.82) is 0 Å². The second kappa shape index (κ2) is 11.5. The first kappa shape index (κ1) is 25.0. The lowest BCUT2D eigenvalue weighted by atomic mass is 10.1. The van der Waals surface area contributed by atoms with Crippen molar-refractivity contribution in [2.45, 2.75) is 26.3 Å². The van der Waals surface area contributed by atoms with Crippen LogP contribution in [0, 0.1) is 0 Å². The van der Waals surface area contributed by atoms with Crippen LogP contribution in [0.15, 0.2) is 24.4 Å². The van der Waals surface area contributed by atoms with Crippen LogP contribution in [0.1, 0.15) is 25.3 Å². The number of hydrogen-bond acceptors (Lipinski definition) is 8. The Bertz CT molecular complexity index is 988. The highest BCUT2D eigenvalue weighted by molar-refractivity contribution is 6.05. The molecular formula is C25H37N7O3. The third-order valence-corrected chi connectivity index (χ3v) is 6.63. The van der Waals surface area contributed by atoms with Gasteiger partial charge in [0.15, 0.2) is 0 Å². The van der Waals surface area contributed by atoms with Crippen LogP contribution in [0.3, 0.4) is 0 Å². The summed E-state index contributed by atoms with van der Waals surface area (Å²) < 4.78 is 10.8. The van der Waals surface area contributed by atoms with Crippen molar-refractivity contribution in [3.05, 3.63) is 30.0 Å². The number of anilines is 3. The van der Waals surface area contributed by atoms with E-state index in [1.54, 1.807) is 30.1 Å². The number of nitrogens with zero attached hydrogens (tertiary/aromatic N) is 6. The van der Waals surface area contributed by atoms with E-state index in [2.05, 4.69) is 27.1 Å². The molecule has 1 aromatic carbocycles. The summed E-state index contributed by atoms with van der Waals surface area (Å²) in [5.74, 6) is 2.48. The summed E-state index contributed by atoms with van der Waals surface area (Å²) in [6.07, 6.45) is 4.00. The van der Waals surface area contributed by atoms with Crippen LogP contribution >= 0.6 is 0 Å². The molecule has 0 aliphatic carbocycles. The van der Waals surface area contributed by atoms with Crippen molar-refractivity contribution in [3.63, 3.8) is 0 Å². The largest absolute Gasteiger partial charge is 0.497 e. The number of ether oxygens (including phenoxy) is 2. The average molecular weight is 484 g/mol. The molecule has 0 bridgehead atoms. The van der Waals surface area contributed by atoms with Crippen molar-refractivity contribution >= 4 is 23.5 Å². The normalized spacial score (nSPS) is 16.9. The van der Waals surface area contributed by atoms with Crippen LogP contribution in [0.4, 0.5) is 22.2 Å². The van der Waals surface area contributed by atoms with Gasteiger partial charge in [-0.25, -0.2) is 9.78 Å². The number of unbranched alkanes of at least 4 members (excludes halogenated alkanes) is 1.